The first-order valence-electron chi connectivity index (χ1n) is 5.66. The third-order valence-electron chi connectivity index (χ3n) is 2.73. The molecule has 0 fully saturated rings. The molecule has 0 amide bonds. The maximum absolute atomic E-state index is 5.87. The average molecular weight is 310 g/mol. The second-order valence-electron chi connectivity index (χ2n) is 4.06. The smallest absolute Gasteiger partial charge is 0.0406 e. The van der Waals surface area contributed by atoms with Crippen molar-refractivity contribution in [3.63, 3.8) is 0 Å². The van der Waals surface area contributed by atoms with Crippen LogP contribution in [0, 0.1) is 0 Å². The minimum Gasteiger partial charge on any atom is -0.0924 e. The molecule has 0 aliphatic rings. The number of hydrogen-bond acceptors (Lipinski definition) is 0. The van der Waals surface area contributed by atoms with Crippen molar-refractivity contribution in [2.24, 2.45) is 0 Å². The van der Waals surface area contributed by atoms with E-state index < -0.39 is 0 Å². The summed E-state index contributed by atoms with van der Waals surface area (Å²) < 4.78 is 0. The van der Waals surface area contributed by atoms with Crippen molar-refractivity contribution in [2.75, 3.05) is 5.33 Å². The SMILES string of the molecule is Clc1ccc(Cc2ccc(CCBr)cc2)cc1. The fourth-order valence-corrected chi connectivity index (χ4v) is 2.35. The highest BCUT2D eigenvalue weighted by Crippen LogP contribution is 2.14. The highest BCUT2D eigenvalue weighted by molar-refractivity contribution is 9.09. The lowest BCUT2D eigenvalue weighted by atomic mass is 10.0. The van der Waals surface area contributed by atoms with Crippen LogP contribution in [0.15, 0.2) is 48.5 Å². The first-order chi connectivity index (χ1) is 8.28. The zero-order valence-corrected chi connectivity index (χ0v) is 11.8. The van der Waals surface area contributed by atoms with Crippen molar-refractivity contribution < 1.29 is 0 Å². The second kappa shape index (κ2) is 6.23. The predicted molar refractivity (Wildman–Crippen MR) is 78.2 cm³/mol. The summed E-state index contributed by atoms with van der Waals surface area (Å²) in [7, 11) is 0. The molecule has 0 aromatic heterocycles. The van der Waals surface area contributed by atoms with Crippen LogP contribution in [0.4, 0.5) is 0 Å². The van der Waals surface area contributed by atoms with Gasteiger partial charge in [0.1, 0.15) is 0 Å². The summed E-state index contributed by atoms with van der Waals surface area (Å²) >= 11 is 9.32. The van der Waals surface area contributed by atoms with Crippen molar-refractivity contribution in [3.05, 3.63) is 70.2 Å². The second-order valence-corrected chi connectivity index (χ2v) is 5.29. The molecule has 0 aliphatic carbocycles. The van der Waals surface area contributed by atoms with Gasteiger partial charge in [-0.15, -0.1) is 0 Å². The Kier molecular flexibility index (Phi) is 4.64. The Morgan fingerprint density at radius 3 is 1.76 bits per heavy atom. The lowest BCUT2D eigenvalue weighted by Crippen LogP contribution is -1.90. The number of aryl methyl sites for hydroxylation is 1. The molecule has 0 radical (unpaired) electrons. The van der Waals surface area contributed by atoms with Crippen LogP contribution >= 0.6 is 27.5 Å². The van der Waals surface area contributed by atoms with Crippen LogP contribution < -0.4 is 0 Å². The first kappa shape index (κ1) is 12.7. The van der Waals surface area contributed by atoms with Gasteiger partial charge in [-0.1, -0.05) is 63.9 Å². The Morgan fingerprint density at radius 2 is 1.24 bits per heavy atom. The zero-order valence-electron chi connectivity index (χ0n) is 9.50. The van der Waals surface area contributed by atoms with Gasteiger partial charge in [-0.25, -0.2) is 0 Å². The molecule has 0 N–H and O–H groups in total. The minimum atomic E-state index is 0.793. The standard InChI is InChI=1S/C15H14BrCl/c16-10-9-12-1-3-13(4-2-12)11-14-5-7-15(17)8-6-14/h1-8H,9-11H2. The van der Waals surface area contributed by atoms with Crippen molar-refractivity contribution >= 4 is 27.5 Å². The third kappa shape index (κ3) is 3.86. The van der Waals surface area contributed by atoms with E-state index in [9.17, 15) is 0 Å². The zero-order chi connectivity index (χ0) is 12.1. The van der Waals surface area contributed by atoms with E-state index in [0.717, 1.165) is 23.2 Å². The van der Waals surface area contributed by atoms with Gasteiger partial charge in [-0.2, -0.15) is 0 Å². The molecule has 0 nitrogen and oxygen atoms in total. The van der Waals surface area contributed by atoms with Gasteiger partial charge in [0.15, 0.2) is 0 Å². The molecule has 2 rings (SSSR count). The summed E-state index contributed by atoms with van der Waals surface area (Å²) in [5.74, 6) is 0. The lowest BCUT2D eigenvalue weighted by Gasteiger charge is -2.04. The number of halogens is 2. The highest BCUT2D eigenvalue weighted by Gasteiger charge is 1.97. The highest BCUT2D eigenvalue weighted by atomic mass is 79.9. The molecule has 2 heteroatoms. The normalized spacial score (nSPS) is 10.5. The Hall–Kier alpha value is -0.790. The van der Waals surface area contributed by atoms with Crippen LogP contribution in [0.25, 0.3) is 0 Å². The van der Waals surface area contributed by atoms with E-state index in [-0.39, 0.29) is 0 Å². The monoisotopic (exact) mass is 308 g/mol. The van der Waals surface area contributed by atoms with E-state index in [4.69, 9.17) is 11.6 Å². The van der Waals surface area contributed by atoms with Crippen LogP contribution in [0.5, 0.6) is 0 Å². The van der Waals surface area contributed by atoms with Crippen molar-refractivity contribution in [2.45, 2.75) is 12.8 Å². The van der Waals surface area contributed by atoms with Crippen LogP contribution in [0.1, 0.15) is 16.7 Å². The van der Waals surface area contributed by atoms with Gasteiger partial charge in [0.2, 0.25) is 0 Å². The molecule has 17 heavy (non-hydrogen) atoms. The maximum Gasteiger partial charge on any atom is 0.0406 e. The van der Waals surface area contributed by atoms with E-state index in [1.807, 2.05) is 12.1 Å². The van der Waals surface area contributed by atoms with Gasteiger partial charge >= 0.3 is 0 Å². The Morgan fingerprint density at radius 1 is 0.765 bits per heavy atom. The van der Waals surface area contributed by atoms with E-state index in [2.05, 4.69) is 52.3 Å². The van der Waals surface area contributed by atoms with E-state index in [1.54, 1.807) is 0 Å². The molecule has 88 valence electrons. The van der Waals surface area contributed by atoms with Gasteiger partial charge < -0.3 is 0 Å². The van der Waals surface area contributed by atoms with Gasteiger partial charge in [-0.05, 0) is 41.7 Å². The van der Waals surface area contributed by atoms with Gasteiger partial charge in [0, 0.05) is 10.4 Å². The van der Waals surface area contributed by atoms with Gasteiger partial charge in [0.05, 0.1) is 0 Å². The van der Waals surface area contributed by atoms with Crippen molar-refractivity contribution in [1.82, 2.24) is 0 Å². The fourth-order valence-electron chi connectivity index (χ4n) is 1.77. The Bertz CT molecular complexity index is 459. The molecule has 0 atom stereocenters. The Labute approximate surface area is 116 Å². The van der Waals surface area contributed by atoms with Crippen LogP contribution in [-0.4, -0.2) is 5.33 Å². The summed E-state index contributed by atoms with van der Waals surface area (Å²) in [4.78, 5) is 0. The number of benzene rings is 2. The largest absolute Gasteiger partial charge is 0.0924 e. The third-order valence-corrected chi connectivity index (χ3v) is 3.38. The molecule has 0 saturated carbocycles. The minimum absolute atomic E-state index is 0.793. The molecule has 0 spiro atoms. The quantitative estimate of drug-likeness (QED) is 0.707. The van der Waals surface area contributed by atoms with Crippen LogP contribution in [0.3, 0.4) is 0 Å². The van der Waals surface area contributed by atoms with Gasteiger partial charge in [-0.3, -0.25) is 0 Å². The topological polar surface area (TPSA) is 0 Å². The van der Waals surface area contributed by atoms with Crippen molar-refractivity contribution in [1.29, 1.82) is 0 Å². The maximum atomic E-state index is 5.87. The molecule has 0 unspecified atom stereocenters. The molecule has 0 aliphatic heterocycles. The van der Waals surface area contributed by atoms with Gasteiger partial charge in [0.25, 0.3) is 0 Å². The molecule has 0 saturated heterocycles. The van der Waals surface area contributed by atoms with E-state index in [0.29, 0.717) is 0 Å². The van der Waals surface area contributed by atoms with E-state index in [1.165, 1.54) is 16.7 Å². The summed E-state index contributed by atoms with van der Waals surface area (Å²) in [5.41, 5.74) is 4.01. The molecular formula is C15H14BrCl. The molecule has 0 bridgehead atoms. The number of hydrogen-bond donors (Lipinski definition) is 0. The van der Waals surface area contributed by atoms with Crippen LogP contribution in [-0.2, 0) is 12.8 Å². The number of rotatable bonds is 4. The number of alkyl halides is 1. The Balaban J connectivity index is 2.05. The van der Waals surface area contributed by atoms with Crippen LogP contribution in [0.2, 0.25) is 5.02 Å². The summed E-state index contributed by atoms with van der Waals surface area (Å²) in [5, 5.41) is 1.81. The molecular weight excluding hydrogens is 296 g/mol. The fraction of sp³-hybridized carbons (Fsp3) is 0.200. The summed E-state index contributed by atoms with van der Waals surface area (Å²) in [6, 6.07) is 16.8. The van der Waals surface area contributed by atoms with Crippen molar-refractivity contribution in [3.8, 4) is 0 Å². The summed E-state index contributed by atoms with van der Waals surface area (Å²) in [6.45, 7) is 0. The predicted octanol–water partition coefficient (Wildman–Crippen LogP) is 4.87. The molecule has 0 heterocycles. The average Bonchev–Trinajstić information content (AvgIpc) is 2.35. The first-order valence-corrected chi connectivity index (χ1v) is 7.16. The molecule has 2 aromatic rings. The lowest BCUT2D eigenvalue weighted by molar-refractivity contribution is 1.14. The summed E-state index contributed by atoms with van der Waals surface area (Å²) in [6.07, 6.45) is 2.05. The molecule has 2 aromatic carbocycles. The van der Waals surface area contributed by atoms with E-state index >= 15 is 0 Å².